The van der Waals surface area contributed by atoms with Crippen molar-refractivity contribution in [3.8, 4) is 0 Å². The molecule has 0 saturated carbocycles. The molecule has 166 valence electrons. The van der Waals surface area contributed by atoms with Crippen molar-refractivity contribution < 1.29 is 24.3 Å². The fourth-order valence-corrected chi connectivity index (χ4v) is 3.31. The lowest BCUT2D eigenvalue weighted by Gasteiger charge is -2.31. The Kier molecular flexibility index (Phi) is 9.55. The van der Waals surface area contributed by atoms with Crippen LogP contribution in [0.3, 0.4) is 0 Å². The molecule has 0 spiro atoms. The molecule has 6 atom stereocenters. The monoisotopic (exact) mass is 412 g/mol. The van der Waals surface area contributed by atoms with Crippen molar-refractivity contribution in [3.05, 3.63) is 0 Å². The second kappa shape index (κ2) is 11.1. The summed E-state index contributed by atoms with van der Waals surface area (Å²) in [5.74, 6) is -2.56. The zero-order chi connectivity index (χ0) is 22.3. The second-order valence-corrected chi connectivity index (χ2v) is 8.04. The van der Waals surface area contributed by atoms with Gasteiger partial charge < -0.3 is 26.4 Å². The Labute approximate surface area is 172 Å². The average molecular weight is 413 g/mol. The average Bonchev–Trinajstić information content (AvgIpc) is 3.19. The van der Waals surface area contributed by atoms with Gasteiger partial charge in [0.15, 0.2) is 0 Å². The molecule has 1 aliphatic rings. The highest BCUT2D eigenvalue weighted by Gasteiger charge is 2.39. The van der Waals surface area contributed by atoms with Crippen molar-refractivity contribution in [1.82, 2.24) is 15.5 Å². The molecule has 1 saturated heterocycles. The van der Waals surface area contributed by atoms with Gasteiger partial charge in [0.25, 0.3) is 0 Å². The van der Waals surface area contributed by atoms with Crippen LogP contribution in [0.2, 0.25) is 0 Å². The standard InChI is InChI=1S/C20H36N4O5/c1-6-11(3)15(21)18(26)22-13(5)17(25)23-16(12(4)7-2)19(27)24-10-8-9-14(24)20(28)29/h11-16H,6-10,21H2,1-5H3,(H,22,26)(H,23,25)(H,28,29). The van der Waals surface area contributed by atoms with Crippen molar-refractivity contribution in [2.75, 3.05) is 6.54 Å². The molecule has 1 rings (SSSR count). The molecule has 9 heteroatoms. The zero-order valence-corrected chi connectivity index (χ0v) is 18.1. The van der Waals surface area contributed by atoms with Crippen LogP contribution >= 0.6 is 0 Å². The Morgan fingerprint density at radius 2 is 1.62 bits per heavy atom. The van der Waals surface area contributed by atoms with E-state index in [-0.39, 0.29) is 11.8 Å². The number of carboxylic acid groups (broad SMARTS) is 1. The van der Waals surface area contributed by atoms with E-state index in [0.29, 0.717) is 25.8 Å². The van der Waals surface area contributed by atoms with Gasteiger partial charge >= 0.3 is 5.97 Å². The van der Waals surface area contributed by atoms with E-state index in [1.54, 1.807) is 0 Å². The maximum atomic E-state index is 13.0. The van der Waals surface area contributed by atoms with Crippen molar-refractivity contribution in [1.29, 1.82) is 0 Å². The van der Waals surface area contributed by atoms with E-state index in [0.717, 1.165) is 6.42 Å². The molecule has 0 aromatic heterocycles. The van der Waals surface area contributed by atoms with Gasteiger partial charge in [-0.3, -0.25) is 14.4 Å². The van der Waals surface area contributed by atoms with Crippen LogP contribution < -0.4 is 16.4 Å². The molecule has 0 aliphatic carbocycles. The van der Waals surface area contributed by atoms with Gasteiger partial charge in [0.2, 0.25) is 17.7 Å². The van der Waals surface area contributed by atoms with Crippen LogP contribution in [0.1, 0.15) is 60.3 Å². The minimum Gasteiger partial charge on any atom is -0.480 e. The molecule has 1 fully saturated rings. The van der Waals surface area contributed by atoms with Crippen LogP contribution in [0.25, 0.3) is 0 Å². The molecular weight excluding hydrogens is 376 g/mol. The van der Waals surface area contributed by atoms with Crippen LogP contribution in [0.4, 0.5) is 0 Å². The number of nitrogens with two attached hydrogens (primary N) is 1. The lowest BCUT2D eigenvalue weighted by molar-refractivity contribution is -0.150. The van der Waals surface area contributed by atoms with E-state index in [2.05, 4.69) is 10.6 Å². The van der Waals surface area contributed by atoms with Gasteiger partial charge in [-0.1, -0.05) is 40.5 Å². The fourth-order valence-electron chi connectivity index (χ4n) is 3.31. The fraction of sp³-hybridized carbons (Fsp3) is 0.800. The molecular formula is C20H36N4O5. The molecule has 3 amide bonds. The van der Waals surface area contributed by atoms with E-state index in [9.17, 15) is 24.3 Å². The van der Waals surface area contributed by atoms with Gasteiger partial charge in [0, 0.05) is 6.54 Å². The number of hydrogen-bond donors (Lipinski definition) is 4. The molecule has 1 aliphatic heterocycles. The quantitative estimate of drug-likeness (QED) is 0.411. The van der Waals surface area contributed by atoms with Crippen LogP contribution in [0, 0.1) is 11.8 Å². The summed E-state index contributed by atoms with van der Waals surface area (Å²) in [6.45, 7) is 9.41. The Morgan fingerprint density at radius 1 is 1.03 bits per heavy atom. The summed E-state index contributed by atoms with van der Waals surface area (Å²) in [5, 5.41) is 14.7. The maximum Gasteiger partial charge on any atom is 0.326 e. The third-order valence-electron chi connectivity index (χ3n) is 5.91. The highest BCUT2D eigenvalue weighted by molar-refractivity contribution is 5.94. The van der Waals surface area contributed by atoms with E-state index in [1.165, 1.54) is 11.8 Å². The number of rotatable bonds is 10. The second-order valence-electron chi connectivity index (χ2n) is 8.04. The van der Waals surface area contributed by atoms with Crippen LogP contribution in [-0.2, 0) is 19.2 Å². The largest absolute Gasteiger partial charge is 0.480 e. The molecule has 0 aromatic carbocycles. The van der Waals surface area contributed by atoms with Crippen molar-refractivity contribution in [3.63, 3.8) is 0 Å². The van der Waals surface area contributed by atoms with Gasteiger partial charge in [0.05, 0.1) is 6.04 Å². The Bertz CT molecular complexity index is 612. The normalized spacial score (nSPS) is 21.6. The highest BCUT2D eigenvalue weighted by Crippen LogP contribution is 2.21. The number of likely N-dealkylation sites (tertiary alicyclic amines) is 1. The first kappa shape index (κ1) is 24.9. The first-order valence-corrected chi connectivity index (χ1v) is 10.4. The van der Waals surface area contributed by atoms with Crippen molar-refractivity contribution in [2.24, 2.45) is 17.6 Å². The summed E-state index contributed by atoms with van der Waals surface area (Å²) < 4.78 is 0. The number of nitrogens with zero attached hydrogens (tertiary/aromatic N) is 1. The van der Waals surface area contributed by atoms with Gasteiger partial charge in [-0.15, -0.1) is 0 Å². The molecule has 0 radical (unpaired) electrons. The summed E-state index contributed by atoms with van der Waals surface area (Å²) in [6.07, 6.45) is 2.38. The van der Waals surface area contributed by atoms with Crippen LogP contribution in [0.15, 0.2) is 0 Å². The Hall–Kier alpha value is -2.16. The molecule has 1 heterocycles. The SMILES string of the molecule is CCC(C)C(N)C(=O)NC(C)C(=O)NC(C(=O)N1CCCC1C(=O)O)C(C)CC. The lowest BCUT2D eigenvalue weighted by atomic mass is 9.96. The summed E-state index contributed by atoms with van der Waals surface area (Å²) in [5.41, 5.74) is 5.91. The van der Waals surface area contributed by atoms with Crippen LogP contribution in [0.5, 0.6) is 0 Å². The number of nitrogens with one attached hydrogen (secondary N) is 2. The number of carbonyl (C=O) groups is 4. The van der Waals surface area contributed by atoms with E-state index < -0.39 is 47.9 Å². The van der Waals surface area contributed by atoms with Crippen LogP contribution in [-0.4, -0.2) is 64.4 Å². The summed E-state index contributed by atoms with van der Waals surface area (Å²) in [6, 6.07) is -3.30. The number of hydrogen-bond acceptors (Lipinski definition) is 5. The number of amides is 3. The van der Waals surface area contributed by atoms with E-state index >= 15 is 0 Å². The van der Waals surface area contributed by atoms with Gasteiger partial charge in [0.1, 0.15) is 18.1 Å². The highest BCUT2D eigenvalue weighted by atomic mass is 16.4. The predicted octanol–water partition coefficient (Wildman–Crippen LogP) is 0.471. The molecule has 0 aromatic rings. The first-order chi connectivity index (χ1) is 13.5. The molecule has 0 bridgehead atoms. The molecule has 6 unspecified atom stereocenters. The number of aliphatic carboxylic acids is 1. The summed E-state index contributed by atoms with van der Waals surface area (Å²) in [7, 11) is 0. The topological polar surface area (TPSA) is 142 Å². The number of carboxylic acids is 1. The Balaban J connectivity index is 2.84. The van der Waals surface area contributed by atoms with E-state index in [4.69, 9.17) is 5.73 Å². The Morgan fingerprint density at radius 3 is 2.14 bits per heavy atom. The van der Waals surface area contributed by atoms with Gasteiger partial charge in [-0.25, -0.2) is 4.79 Å². The molecule has 29 heavy (non-hydrogen) atoms. The van der Waals surface area contributed by atoms with Gasteiger partial charge in [-0.2, -0.15) is 0 Å². The summed E-state index contributed by atoms with van der Waals surface area (Å²) >= 11 is 0. The first-order valence-electron chi connectivity index (χ1n) is 10.4. The van der Waals surface area contributed by atoms with Gasteiger partial charge in [-0.05, 0) is 31.6 Å². The third kappa shape index (κ3) is 6.42. The minimum absolute atomic E-state index is 0.0252. The summed E-state index contributed by atoms with van der Waals surface area (Å²) in [4.78, 5) is 50.7. The lowest BCUT2D eigenvalue weighted by Crippen LogP contribution is -2.58. The van der Waals surface area contributed by atoms with Crippen molar-refractivity contribution in [2.45, 2.75) is 84.5 Å². The zero-order valence-electron chi connectivity index (χ0n) is 18.1. The van der Waals surface area contributed by atoms with E-state index in [1.807, 2.05) is 27.7 Å². The predicted molar refractivity (Wildman–Crippen MR) is 109 cm³/mol. The molecule has 9 nitrogen and oxygen atoms in total. The molecule has 5 N–H and O–H groups in total. The van der Waals surface area contributed by atoms with Crippen molar-refractivity contribution >= 4 is 23.7 Å². The minimum atomic E-state index is -1.04. The smallest absolute Gasteiger partial charge is 0.326 e. The third-order valence-corrected chi connectivity index (χ3v) is 5.91. The maximum absolute atomic E-state index is 13.0. The number of carbonyl (C=O) groups excluding carboxylic acids is 3.